The molecule has 0 unspecified atom stereocenters. The number of carbonyl (C=O) groups is 2. The number of benzene rings is 1. The number of carboxylic acid groups (broad SMARTS) is 1. The number of carboxylic acids is 1. The predicted molar refractivity (Wildman–Crippen MR) is 114 cm³/mol. The molecule has 11 nitrogen and oxygen atoms in total. The largest absolute Gasteiger partial charge is 0.490 e. The van der Waals surface area contributed by atoms with Crippen molar-refractivity contribution in [2.45, 2.75) is 51.5 Å². The maximum Gasteiger partial charge on any atom is 0.490 e. The third kappa shape index (κ3) is 8.89. The summed E-state index contributed by atoms with van der Waals surface area (Å²) < 4.78 is 31.7. The first-order valence-corrected chi connectivity index (χ1v) is 9.92. The molecule has 1 aromatic carbocycles. The Hall–Kier alpha value is -3.47. The number of hydrogen-bond donors (Lipinski definition) is 1. The van der Waals surface area contributed by atoms with Crippen molar-refractivity contribution in [3.05, 3.63) is 50.2 Å². The van der Waals surface area contributed by atoms with Crippen LogP contribution in [0.1, 0.15) is 42.6 Å². The summed E-state index contributed by atoms with van der Waals surface area (Å²) in [6.07, 6.45) is -3.22. The molecule has 0 saturated carbocycles. The molecule has 1 N–H and O–H groups in total. The van der Waals surface area contributed by atoms with E-state index in [0.717, 1.165) is 25.9 Å². The van der Waals surface area contributed by atoms with E-state index in [1.807, 2.05) is 7.05 Å². The van der Waals surface area contributed by atoms with E-state index in [-0.39, 0.29) is 18.5 Å². The van der Waals surface area contributed by atoms with Gasteiger partial charge >= 0.3 is 12.1 Å². The van der Waals surface area contributed by atoms with Crippen molar-refractivity contribution in [2.24, 2.45) is 10.2 Å². The van der Waals surface area contributed by atoms with Gasteiger partial charge in [-0.25, -0.2) is 4.79 Å². The monoisotopic (exact) mass is 470 g/mol. The van der Waals surface area contributed by atoms with Crippen LogP contribution in [0.2, 0.25) is 0 Å². The fourth-order valence-electron chi connectivity index (χ4n) is 3.27. The minimum Gasteiger partial charge on any atom is -0.475 e. The number of halogens is 3. The average molecular weight is 470 g/mol. The Labute approximate surface area is 188 Å². The van der Waals surface area contributed by atoms with Crippen molar-refractivity contribution >= 4 is 17.6 Å². The van der Waals surface area contributed by atoms with Crippen LogP contribution in [0, 0.1) is 0 Å². The molecule has 2 rings (SSSR count). The number of aliphatic carboxylic acids is 1. The SMILES string of the molecule is CC(C)N1CCC(N(C)C(=O)c2cc(CN=[N+]=[N-])cc(N=[N+]=[N-])c2)CC1.O=C(O)C(F)(F)F. The maximum atomic E-state index is 12.9. The van der Waals surface area contributed by atoms with Crippen molar-refractivity contribution in [1.29, 1.82) is 0 Å². The highest BCUT2D eigenvalue weighted by molar-refractivity contribution is 5.95. The quantitative estimate of drug-likeness (QED) is 0.351. The molecule has 0 aliphatic carbocycles. The second-order valence-electron chi connectivity index (χ2n) is 7.55. The van der Waals surface area contributed by atoms with Gasteiger partial charge in [0, 0.05) is 53.3 Å². The van der Waals surface area contributed by atoms with Crippen molar-refractivity contribution in [3.63, 3.8) is 0 Å². The molecule has 0 spiro atoms. The summed E-state index contributed by atoms with van der Waals surface area (Å²) >= 11 is 0. The van der Waals surface area contributed by atoms with E-state index < -0.39 is 12.1 Å². The second-order valence-corrected chi connectivity index (χ2v) is 7.55. The molecule has 0 aromatic heterocycles. The van der Waals surface area contributed by atoms with E-state index in [9.17, 15) is 18.0 Å². The highest BCUT2D eigenvalue weighted by Gasteiger charge is 2.38. The summed E-state index contributed by atoms with van der Waals surface area (Å²) in [4.78, 5) is 31.5. The van der Waals surface area contributed by atoms with Crippen LogP contribution in [0.5, 0.6) is 0 Å². The van der Waals surface area contributed by atoms with Crippen LogP contribution in [-0.4, -0.2) is 65.2 Å². The molecule has 33 heavy (non-hydrogen) atoms. The molecule has 14 heteroatoms. The smallest absolute Gasteiger partial charge is 0.475 e. The zero-order chi connectivity index (χ0) is 25.2. The van der Waals surface area contributed by atoms with Crippen molar-refractivity contribution in [1.82, 2.24) is 9.80 Å². The summed E-state index contributed by atoms with van der Waals surface area (Å²) in [5.41, 5.74) is 18.6. The van der Waals surface area contributed by atoms with Crippen molar-refractivity contribution < 1.29 is 27.9 Å². The fourth-order valence-corrected chi connectivity index (χ4v) is 3.27. The molecule has 1 saturated heterocycles. The maximum absolute atomic E-state index is 12.9. The van der Waals surface area contributed by atoms with E-state index in [0.29, 0.717) is 22.9 Å². The van der Waals surface area contributed by atoms with Gasteiger partial charge in [0.2, 0.25) is 0 Å². The molecular formula is C19H25F3N8O3. The third-order valence-corrected chi connectivity index (χ3v) is 5.04. The topological polar surface area (TPSA) is 158 Å². The Bertz CT molecular complexity index is 933. The lowest BCUT2D eigenvalue weighted by atomic mass is 10.0. The molecule has 180 valence electrons. The van der Waals surface area contributed by atoms with Gasteiger partial charge in [0.05, 0.1) is 6.54 Å². The van der Waals surface area contributed by atoms with Crippen LogP contribution in [0.25, 0.3) is 20.9 Å². The van der Waals surface area contributed by atoms with Gasteiger partial charge in [0.1, 0.15) is 0 Å². The zero-order valence-electron chi connectivity index (χ0n) is 18.4. The van der Waals surface area contributed by atoms with Crippen LogP contribution >= 0.6 is 0 Å². The summed E-state index contributed by atoms with van der Waals surface area (Å²) in [7, 11) is 1.81. The van der Waals surface area contributed by atoms with E-state index >= 15 is 0 Å². The van der Waals surface area contributed by atoms with Crippen LogP contribution < -0.4 is 0 Å². The van der Waals surface area contributed by atoms with Crippen LogP contribution in [0.4, 0.5) is 18.9 Å². The van der Waals surface area contributed by atoms with Gasteiger partial charge in [-0.3, -0.25) is 4.79 Å². The summed E-state index contributed by atoms with van der Waals surface area (Å²) in [5, 5.41) is 14.2. The molecule has 0 atom stereocenters. The van der Waals surface area contributed by atoms with Crippen molar-refractivity contribution in [2.75, 3.05) is 20.1 Å². The van der Waals surface area contributed by atoms with Gasteiger partial charge in [-0.15, -0.1) is 0 Å². The molecule has 0 bridgehead atoms. The van der Waals surface area contributed by atoms with Gasteiger partial charge < -0.3 is 14.9 Å². The lowest BCUT2D eigenvalue weighted by Gasteiger charge is -2.38. The molecule has 1 heterocycles. The Balaban J connectivity index is 0.000000675. The fraction of sp³-hybridized carbons (Fsp3) is 0.579. The Morgan fingerprint density at radius 1 is 1.21 bits per heavy atom. The van der Waals surface area contributed by atoms with Crippen LogP contribution in [0.3, 0.4) is 0 Å². The Morgan fingerprint density at radius 3 is 2.24 bits per heavy atom. The molecule has 1 aromatic rings. The molecule has 1 amide bonds. The lowest BCUT2D eigenvalue weighted by molar-refractivity contribution is -0.192. The first kappa shape index (κ1) is 27.6. The van der Waals surface area contributed by atoms with Crippen molar-refractivity contribution in [3.8, 4) is 0 Å². The lowest BCUT2D eigenvalue weighted by Crippen LogP contribution is -2.47. The number of azide groups is 2. The second kappa shape index (κ2) is 12.5. The Kier molecular flexibility index (Phi) is 10.5. The summed E-state index contributed by atoms with van der Waals surface area (Å²) in [6.45, 7) is 6.41. The average Bonchev–Trinajstić information content (AvgIpc) is 2.76. The number of alkyl halides is 3. The predicted octanol–water partition coefficient (Wildman–Crippen LogP) is 5.02. The van der Waals surface area contributed by atoms with E-state index in [1.54, 1.807) is 23.1 Å². The third-order valence-electron chi connectivity index (χ3n) is 5.04. The molecular weight excluding hydrogens is 445 g/mol. The number of piperidine rings is 1. The normalized spacial score (nSPS) is 14.4. The molecule has 0 radical (unpaired) electrons. The van der Waals surface area contributed by atoms with E-state index in [1.165, 1.54) is 0 Å². The highest BCUT2D eigenvalue weighted by atomic mass is 19.4. The standard InChI is InChI=1S/C17H24N8O.C2HF3O2/c1-12(2)25-6-4-16(5-7-25)24(3)17(26)14-8-13(11-20-22-18)9-15(10-14)21-23-19;3-2(4,5)1(6)7/h8-10,12,16H,4-7,11H2,1-3H3;(H,6,7). The minimum atomic E-state index is -5.08. The van der Waals surface area contributed by atoms with Gasteiger partial charge in [-0.05, 0) is 61.5 Å². The molecule has 1 aliphatic heterocycles. The first-order valence-electron chi connectivity index (χ1n) is 9.92. The van der Waals surface area contributed by atoms with Gasteiger partial charge in [0.25, 0.3) is 5.91 Å². The summed E-state index contributed by atoms with van der Waals surface area (Å²) in [5.74, 6) is -2.88. The van der Waals surface area contributed by atoms with Crippen LogP contribution in [0.15, 0.2) is 28.4 Å². The number of likely N-dealkylation sites (tertiary alicyclic amines) is 1. The number of hydrogen-bond acceptors (Lipinski definition) is 5. The van der Waals surface area contributed by atoms with Crippen LogP contribution in [-0.2, 0) is 11.3 Å². The zero-order valence-corrected chi connectivity index (χ0v) is 18.4. The first-order chi connectivity index (χ1) is 15.4. The molecule has 1 aliphatic rings. The Morgan fingerprint density at radius 2 is 1.79 bits per heavy atom. The van der Waals surface area contributed by atoms with E-state index in [2.05, 4.69) is 38.8 Å². The summed E-state index contributed by atoms with van der Waals surface area (Å²) in [6, 6.07) is 5.57. The number of carbonyl (C=O) groups excluding carboxylic acids is 1. The molecule has 1 fully saturated rings. The highest BCUT2D eigenvalue weighted by Crippen LogP contribution is 2.23. The van der Waals surface area contributed by atoms with E-state index in [4.69, 9.17) is 21.0 Å². The number of rotatable bonds is 6. The number of nitrogens with zero attached hydrogens (tertiary/aromatic N) is 8. The minimum absolute atomic E-state index is 0.0993. The van der Waals surface area contributed by atoms with Gasteiger partial charge in [-0.2, -0.15) is 13.2 Å². The van der Waals surface area contributed by atoms with Gasteiger partial charge in [-0.1, -0.05) is 10.2 Å². The van der Waals surface area contributed by atoms with Gasteiger partial charge in [0.15, 0.2) is 0 Å². The number of amides is 1.